The van der Waals surface area contributed by atoms with Gasteiger partial charge in [0.05, 0.1) is 6.54 Å². The van der Waals surface area contributed by atoms with Crippen LogP contribution in [0.2, 0.25) is 0 Å². The molecule has 0 spiro atoms. The molecule has 1 rings (SSSR count). The molecule has 3 nitrogen and oxygen atoms in total. The van der Waals surface area contributed by atoms with E-state index in [1.807, 2.05) is 0 Å². The lowest BCUT2D eigenvalue weighted by Crippen LogP contribution is -2.26. The largest absolute Gasteiger partial charge is 0.574 e. The molecule has 0 amide bonds. The van der Waals surface area contributed by atoms with Crippen LogP contribution in [0.4, 0.5) is 13.2 Å². The summed E-state index contributed by atoms with van der Waals surface area (Å²) in [6, 6.07) is 0. The molecule has 1 radical (unpaired) electrons. The first-order valence-corrected chi connectivity index (χ1v) is 2.39. The Kier molecular flexibility index (Phi) is 1.71. The molecule has 0 aliphatic carbocycles. The molecule has 1 aliphatic heterocycles. The molecule has 57 valence electrons. The maximum absolute atomic E-state index is 11.4. The fourth-order valence-electron chi connectivity index (χ4n) is 0.456. The monoisotopic (exact) mass is 153 g/mol. The fraction of sp³-hybridized carbons (Fsp3) is 0.250. The number of ether oxygens (including phenoxy) is 1. The van der Waals surface area contributed by atoms with Crippen molar-refractivity contribution in [2.75, 3.05) is 0 Å². The topological polar surface area (TPSA) is 33.3 Å². The Bertz CT molecular complexity index is 153. The standard InChI is InChI=1S/C4H4F3N2O/c5-4(6,7)10-3-1-2-8-9-3/h1-2,8-9H. The van der Waals surface area contributed by atoms with Gasteiger partial charge in [0.1, 0.15) is 0 Å². The van der Waals surface area contributed by atoms with Crippen molar-refractivity contribution in [2.24, 2.45) is 0 Å². The molecule has 1 heterocycles. The first kappa shape index (κ1) is 7.20. The second-order valence-electron chi connectivity index (χ2n) is 1.51. The van der Waals surface area contributed by atoms with Crippen molar-refractivity contribution in [2.45, 2.75) is 6.36 Å². The molecule has 0 saturated heterocycles. The molecule has 0 aromatic rings. The third-order valence-corrected chi connectivity index (χ3v) is 0.739. The second-order valence-corrected chi connectivity index (χ2v) is 1.51. The van der Waals surface area contributed by atoms with Crippen molar-refractivity contribution in [3.8, 4) is 0 Å². The fourth-order valence-corrected chi connectivity index (χ4v) is 0.456. The van der Waals surface area contributed by atoms with Gasteiger partial charge in [0, 0.05) is 0 Å². The van der Waals surface area contributed by atoms with E-state index in [2.05, 4.69) is 15.6 Å². The molecule has 0 saturated carbocycles. The molecule has 0 aromatic carbocycles. The molecule has 0 fully saturated rings. The first-order chi connectivity index (χ1) is 4.58. The minimum absolute atomic E-state index is 0.354. The minimum Gasteiger partial charge on any atom is -0.389 e. The zero-order chi connectivity index (χ0) is 7.61. The summed E-state index contributed by atoms with van der Waals surface area (Å²) in [6.07, 6.45) is -3.49. The Hall–Kier alpha value is -0.910. The van der Waals surface area contributed by atoms with Gasteiger partial charge < -0.3 is 4.74 Å². The number of alkyl halides is 3. The van der Waals surface area contributed by atoms with Gasteiger partial charge in [-0.25, -0.2) is 5.43 Å². The van der Waals surface area contributed by atoms with Crippen LogP contribution in [-0.4, -0.2) is 6.36 Å². The van der Waals surface area contributed by atoms with Crippen LogP contribution in [0.15, 0.2) is 12.0 Å². The van der Waals surface area contributed by atoms with E-state index in [1.54, 1.807) is 0 Å². The van der Waals surface area contributed by atoms with Gasteiger partial charge in [0.15, 0.2) is 0 Å². The summed E-state index contributed by atoms with van der Waals surface area (Å²) in [5.74, 6) is -0.354. The zero-order valence-electron chi connectivity index (χ0n) is 4.70. The van der Waals surface area contributed by atoms with E-state index in [0.717, 1.165) is 6.08 Å². The van der Waals surface area contributed by atoms with Crippen LogP contribution >= 0.6 is 0 Å². The van der Waals surface area contributed by atoms with E-state index in [9.17, 15) is 13.2 Å². The molecule has 0 bridgehead atoms. The van der Waals surface area contributed by atoms with Crippen LogP contribution in [-0.2, 0) is 4.74 Å². The lowest BCUT2D eigenvalue weighted by atomic mass is 10.6. The summed E-state index contributed by atoms with van der Waals surface area (Å²) in [4.78, 5) is 0. The molecular formula is C4H4F3N2O. The smallest absolute Gasteiger partial charge is 0.389 e. The number of hydrazine groups is 1. The number of nitrogens with one attached hydrogen (secondary N) is 2. The van der Waals surface area contributed by atoms with Crippen molar-refractivity contribution >= 4 is 0 Å². The van der Waals surface area contributed by atoms with Crippen LogP contribution in [0.1, 0.15) is 0 Å². The summed E-state index contributed by atoms with van der Waals surface area (Å²) >= 11 is 0. The molecule has 0 aromatic heterocycles. The Labute approximate surface area is 54.8 Å². The highest BCUT2D eigenvalue weighted by Gasteiger charge is 2.32. The summed E-state index contributed by atoms with van der Waals surface area (Å²) in [5.41, 5.74) is 4.43. The predicted molar refractivity (Wildman–Crippen MR) is 25.8 cm³/mol. The van der Waals surface area contributed by atoms with Gasteiger partial charge in [-0.3, -0.25) is 5.43 Å². The molecule has 1 aliphatic rings. The lowest BCUT2D eigenvalue weighted by Gasteiger charge is -2.08. The minimum atomic E-state index is -4.63. The molecule has 2 N–H and O–H groups in total. The average molecular weight is 153 g/mol. The van der Waals surface area contributed by atoms with Crippen LogP contribution in [0, 0.1) is 6.54 Å². The van der Waals surface area contributed by atoms with Crippen LogP contribution in [0.25, 0.3) is 0 Å². The number of hydrogen-bond acceptors (Lipinski definition) is 3. The zero-order valence-corrected chi connectivity index (χ0v) is 4.70. The van der Waals surface area contributed by atoms with Crippen molar-refractivity contribution in [3.63, 3.8) is 0 Å². The first-order valence-electron chi connectivity index (χ1n) is 2.39. The van der Waals surface area contributed by atoms with E-state index >= 15 is 0 Å². The van der Waals surface area contributed by atoms with Gasteiger partial charge in [0.2, 0.25) is 5.88 Å². The van der Waals surface area contributed by atoms with Crippen LogP contribution in [0.3, 0.4) is 0 Å². The van der Waals surface area contributed by atoms with Gasteiger partial charge in [0.25, 0.3) is 0 Å². The predicted octanol–water partition coefficient (Wildman–Crippen LogP) is 0.634. The molecule has 10 heavy (non-hydrogen) atoms. The van der Waals surface area contributed by atoms with Crippen molar-refractivity contribution in [1.82, 2.24) is 10.9 Å². The van der Waals surface area contributed by atoms with E-state index in [0.29, 0.717) is 0 Å². The van der Waals surface area contributed by atoms with E-state index in [-0.39, 0.29) is 5.88 Å². The quantitative estimate of drug-likeness (QED) is 0.579. The molecule has 0 unspecified atom stereocenters. The van der Waals surface area contributed by atoms with Crippen LogP contribution in [0.5, 0.6) is 0 Å². The van der Waals surface area contributed by atoms with Gasteiger partial charge in [-0.05, 0) is 6.08 Å². The Balaban J connectivity index is 2.38. The van der Waals surface area contributed by atoms with E-state index in [1.165, 1.54) is 6.54 Å². The molecule has 0 atom stereocenters. The van der Waals surface area contributed by atoms with Gasteiger partial charge in [-0.1, -0.05) is 0 Å². The normalized spacial score (nSPS) is 18.1. The highest BCUT2D eigenvalue weighted by atomic mass is 19.4. The van der Waals surface area contributed by atoms with Crippen LogP contribution < -0.4 is 10.9 Å². The van der Waals surface area contributed by atoms with Crippen molar-refractivity contribution < 1.29 is 17.9 Å². The Morgan fingerprint density at radius 1 is 1.40 bits per heavy atom. The maximum Gasteiger partial charge on any atom is 0.574 e. The summed E-state index contributed by atoms with van der Waals surface area (Å²) < 4.78 is 37.5. The molecular weight excluding hydrogens is 149 g/mol. The third kappa shape index (κ3) is 2.14. The number of halogens is 3. The van der Waals surface area contributed by atoms with Gasteiger partial charge in [-0.2, -0.15) is 0 Å². The van der Waals surface area contributed by atoms with Gasteiger partial charge >= 0.3 is 6.36 Å². The number of rotatable bonds is 1. The summed E-state index contributed by atoms with van der Waals surface area (Å²) in [5, 5.41) is 0. The van der Waals surface area contributed by atoms with E-state index < -0.39 is 6.36 Å². The summed E-state index contributed by atoms with van der Waals surface area (Å²) in [6.45, 7) is 1.29. The Morgan fingerprint density at radius 2 is 2.10 bits per heavy atom. The summed E-state index contributed by atoms with van der Waals surface area (Å²) in [7, 11) is 0. The highest BCUT2D eigenvalue weighted by Crippen LogP contribution is 2.19. The van der Waals surface area contributed by atoms with Crippen molar-refractivity contribution in [1.29, 1.82) is 0 Å². The highest BCUT2D eigenvalue weighted by molar-refractivity contribution is 5.04. The Morgan fingerprint density at radius 3 is 2.50 bits per heavy atom. The molecule has 6 heteroatoms. The van der Waals surface area contributed by atoms with Crippen molar-refractivity contribution in [3.05, 3.63) is 18.5 Å². The number of hydrogen-bond donors (Lipinski definition) is 2. The third-order valence-electron chi connectivity index (χ3n) is 0.739. The maximum atomic E-state index is 11.4. The lowest BCUT2D eigenvalue weighted by molar-refractivity contribution is -0.307. The SMILES string of the molecule is FC(F)(F)OC1=C[CH]NN1. The van der Waals surface area contributed by atoms with Gasteiger partial charge in [-0.15, -0.1) is 13.2 Å². The second kappa shape index (κ2) is 2.37. The van der Waals surface area contributed by atoms with E-state index in [4.69, 9.17) is 0 Å². The average Bonchev–Trinajstić information content (AvgIpc) is 2.12.